The van der Waals surface area contributed by atoms with E-state index in [0.717, 1.165) is 34.7 Å². The second-order valence-corrected chi connectivity index (χ2v) is 8.84. The molecule has 0 amide bonds. The Morgan fingerprint density at radius 1 is 1.22 bits per heavy atom. The van der Waals surface area contributed by atoms with Gasteiger partial charge >= 0.3 is 0 Å². The van der Waals surface area contributed by atoms with E-state index in [4.69, 9.17) is 9.72 Å². The quantitative estimate of drug-likeness (QED) is 0.674. The van der Waals surface area contributed by atoms with Crippen molar-refractivity contribution < 1.29 is 13.2 Å². The predicted octanol–water partition coefficient (Wildman–Crippen LogP) is 2.70. The van der Waals surface area contributed by atoms with Crippen LogP contribution in [0.25, 0.3) is 22.6 Å². The molecule has 3 aromatic rings. The van der Waals surface area contributed by atoms with E-state index in [9.17, 15) is 8.42 Å². The van der Waals surface area contributed by atoms with Crippen molar-refractivity contribution in [1.29, 1.82) is 0 Å². The van der Waals surface area contributed by atoms with E-state index in [1.165, 1.54) is 0 Å². The van der Waals surface area contributed by atoms with E-state index in [0.29, 0.717) is 13.1 Å². The van der Waals surface area contributed by atoms with Gasteiger partial charge < -0.3 is 9.30 Å². The van der Waals surface area contributed by atoms with Gasteiger partial charge in [0.05, 0.1) is 18.9 Å². The minimum Gasteiger partial charge on any atom is -0.497 e. The van der Waals surface area contributed by atoms with Crippen LogP contribution in [0.3, 0.4) is 0 Å². The van der Waals surface area contributed by atoms with Crippen molar-refractivity contribution in [1.82, 2.24) is 18.8 Å². The first kappa shape index (κ1) is 17.9. The number of benzene rings is 1. The summed E-state index contributed by atoms with van der Waals surface area (Å²) >= 11 is 0. The van der Waals surface area contributed by atoms with Gasteiger partial charge in [-0.15, -0.1) is 0 Å². The third-order valence-corrected chi connectivity index (χ3v) is 6.89. The van der Waals surface area contributed by atoms with Gasteiger partial charge in [0.15, 0.2) is 5.65 Å². The second-order valence-electron chi connectivity index (χ2n) is 6.58. The molecule has 0 radical (unpaired) electrons. The van der Waals surface area contributed by atoms with E-state index >= 15 is 0 Å². The number of hydrogen-bond acceptors (Lipinski definition) is 5. The standard InChI is InChI=1S/C19H22N4O3S/c1-3-27(24,25)22-12-10-15(13-22)23-18(14-6-8-16(26-2)9-7-14)21-17-5-4-11-20-19(17)23/h4-9,11,15H,3,10,12-13H2,1-2H3/t15-/m1/s1. The van der Waals surface area contributed by atoms with Gasteiger partial charge in [0.25, 0.3) is 0 Å². The third kappa shape index (κ3) is 3.19. The molecule has 142 valence electrons. The number of hydrogen-bond donors (Lipinski definition) is 0. The van der Waals surface area contributed by atoms with Crippen molar-refractivity contribution in [2.24, 2.45) is 0 Å². The summed E-state index contributed by atoms with van der Waals surface area (Å²) in [6.07, 6.45) is 2.48. The molecular formula is C19H22N4O3S. The fourth-order valence-electron chi connectivity index (χ4n) is 3.58. The number of ether oxygens (including phenoxy) is 1. The normalized spacial score (nSPS) is 18.2. The Hall–Kier alpha value is -2.45. The van der Waals surface area contributed by atoms with E-state index in [1.54, 1.807) is 24.5 Å². The van der Waals surface area contributed by atoms with Crippen LogP contribution in [0.4, 0.5) is 0 Å². The first-order chi connectivity index (χ1) is 13.0. The molecule has 1 aromatic carbocycles. The lowest BCUT2D eigenvalue weighted by Crippen LogP contribution is -2.30. The van der Waals surface area contributed by atoms with E-state index < -0.39 is 10.0 Å². The molecule has 27 heavy (non-hydrogen) atoms. The van der Waals surface area contributed by atoms with Crippen molar-refractivity contribution in [2.45, 2.75) is 19.4 Å². The zero-order chi connectivity index (χ0) is 19.0. The SMILES string of the molecule is CCS(=O)(=O)N1CC[C@@H](n2c(-c3ccc(OC)cc3)nc3cccnc32)C1. The number of methoxy groups -OCH3 is 1. The lowest BCUT2D eigenvalue weighted by atomic mass is 10.2. The van der Waals surface area contributed by atoms with E-state index in [1.807, 2.05) is 36.4 Å². The molecule has 8 heteroatoms. The first-order valence-electron chi connectivity index (χ1n) is 8.98. The highest BCUT2D eigenvalue weighted by molar-refractivity contribution is 7.89. The summed E-state index contributed by atoms with van der Waals surface area (Å²) in [7, 11) is -1.56. The molecule has 0 bridgehead atoms. The summed E-state index contributed by atoms with van der Waals surface area (Å²) in [4.78, 5) is 9.30. The number of sulfonamides is 1. The van der Waals surface area contributed by atoms with Crippen LogP contribution in [0, 0.1) is 0 Å². The molecule has 3 heterocycles. The minimum atomic E-state index is -3.20. The lowest BCUT2D eigenvalue weighted by Gasteiger charge is -2.18. The molecule has 2 aromatic heterocycles. The lowest BCUT2D eigenvalue weighted by molar-refractivity contribution is 0.415. The van der Waals surface area contributed by atoms with Crippen LogP contribution in [0.5, 0.6) is 5.75 Å². The minimum absolute atomic E-state index is 0.00308. The number of aromatic nitrogens is 3. The average Bonchev–Trinajstić information content (AvgIpc) is 3.33. The molecule has 0 spiro atoms. The van der Waals surface area contributed by atoms with Gasteiger partial charge in [-0.2, -0.15) is 4.31 Å². The number of pyridine rings is 1. The van der Waals surface area contributed by atoms with Crippen molar-refractivity contribution >= 4 is 21.2 Å². The maximum absolute atomic E-state index is 12.3. The van der Waals surface area contributed by atoms with Crippen molar-refractivity contribution in [3.63, 3.8) is 0 Å². The Balaban J connectivity index is 1.79. The Kier molecular flexibility index (Phi) is 4.61. The van der Waals surface area contributed by atoms with Crippen molar-refractivity contribution in [3.8, 4) is 17.1 Å². The van der Waals surface area contributed by atoms with Gasteiger partial charge in [-0.3, -0.25) is 0 Å². The molecule has 1 saturated heterocycles. The maximum Gasteiger partial charge on any atom is 0.213 e. The number of fused-ring (bicyclic) bond motifs is 1. The Morgan fingerprint density at radius 3 is 2.70 bits per heavy atom. The molecule has 0 saturated carbocycles. The monoisotopic (exact) mass is 386 g/mol. The maximum atomic E-state index is 12.3. The van der Waals surface area contributed by atoms with Crippen LogP contribution in [-0.4, -0.2) is 53.2 Å². The summed E-state index contributed by atoms with van der Waals surface area (Å²) in [6, 6.07) is 11.5. The molecule has 1 atom stereocenters. The van der Waals surface area contributed by atoms with Gasteiger partial charge in [0, 0.05) is 24.8 Å². The fraction of sp³-hybridized carbons (Fsp3) is 0.368. The van der Waals surface area contributed by atoms with Crippen LogP contribution >= 0.6 is 0 Å². The highest BCUT2D eigenvalue weighted by atomic mass is 32.2. The zero-order valence-corrected chi connectivity index (χ0v) is 16.2. The highest BCUT2D eigenvalue weighted by Crippen LogP contribution is 2.33. The molecule has 4 rings (SSSR count). The van der Waals surface area contributed by atoms with Crippen molar-refractivity contribution in [2.75, 3.05) is 26.0 Å². The number of imidazole rings is 1. The van der Waals surface area contributed by atoms with Gasteiger partial charge in [-0.1, -0.05) is 0 Å². The zero-order valence-electron chi connectivity index (χ0n) is 15.4. The Labute approximate surface area is 158 Å². The smallest absolute Gasteiger partial charge is 0.213 e. The second kappa shape index (κ2) is 6.94. The predicted molar refractivity (Wildman–Crippen MR) is 104 cm³/mol. The number of rotatable bonds is 5. The average molecular weight is 386 g/mol. The van der Waals surface area contributed by atoms with Gasteiger partial charge in [-0.05, 0) is 49.7 Å². The Bertz CT molecular complexity index is 1060. The highest BCUT2D eigenvalue weighted by Gasteiger charge is 2.33. The van der Waals surface area contributed by atoms with Crippen molar-refractivity contribution in [3.05, 3.63) is 42.6 Å². The van der Waals surface area contributed by atoms with Gasteiger partial charge in [0.2, 0.25) is 10.0 Å². The van der Waals surface area contributed by atoms with E-state index in [-0.39, 0.29) is 11.8 Å². The molecule has 1 aliphatic heterocycles. The molecule has 0 N–H and O–H groups in total. The van der Waals surface area contributed by atoms with Crippen LogP contribution < -0.4 is 4.74 Å². The van der Waals surface area contributed by atoms with Gasteiger partial charge in [-0.25, -0.2) is 18.4 Å². The fourth-order valence-corrected chi connectivity index (χ4v) is 4.72. The molecule has 1 aliphatic rings. The molecule has 1 fully saturated rings. The summed E-state index contributed by atoms with van der Waals surface area (Å²) < 4.78 is 33.5. The largest absolute Gasteiger partial charge is 0.497 e. The third-order valence-electron chi connectivity index (χ3n) is 5.05. The van der Waals surface area contributed by atoms with Crippen LogP contribution in [-0.2, 0) is 10.0 Å². The topological polar surface area (TPSA) is 77.3 Å². The molecule has 0 aliphatic carbocycles. The van der Waals surface area contributed by atoms with Crippen LogP contribution in [0.15, 0.2) is 42.6 Å². The summed E-state index contributed by atoms with van der Waals surface area (Å²) in [5.74, 6) is 1.70. The first-order valence-corrected chi connectivity index (χ1v) is 10.6. The summed E-state index contributed by atoms with van der Waals surface area (Å²) in [5.41, 5.74) is 2.54. The van der Waals surface area contributed by atoms with Crippen LogP contribution in [0.2, 0.25) is 0 Å². The Morgan fingerprint density at radius 2 is 2.00 bits per heavy atom. The summed E-state index contributed by atoms with van der Waals surface area (Å²) in [5, 5.41) is 0. The summed E-state index contributed by atoms with van der Waals surface area (Å²) in [6.45, 7) is 2.65. The molecule has 0 unspecified atom stereocenters. The number of nitrogens with zero attached hydrogens (tertiary/aromatic N) is 4. The van der Waals surface area contributed by atoms with Gasteiger partial charge in [0.1, 0.15) is 17.1 Å². The molecular weight excluding hydrogens is 364 g/mol. The molecule has 7 nitrogen and oxygen atoms in total. The van der Waals surface area contributed by atoms with E-state index in [2.05, 4.69) is 9.55 Å². The van der Waals surface area contributed by atoms with Crippen LogP contribution in [0.1, 0.15) is 19.4 Å².